The van der Waals surface area contributed by atoms with Gasteiger partial charge in [-0.25, -0.2) is 0 Å². The molecule has 2 saturated carbocycles. The first kappa shape index (κ1) is 10.9. The Hall–Kier alpha value is -1.97. The van der Waals surface area contributed by atoms with Gasteiger partial charge >= 0.3 is 0 Å². The third-order valence-corrected chi connectivity index (χ3v) is 4.73. The number of imide groups is 1. The minimum Gasteiger partial charge on any atom is -0.303 e. The first-order chi connectivity index (χ1) is 9.22. The molecule has 0 aromatic heterocycles. The Labute approximate surface area is 110 Å². The minimum atomic E-state index is -0.231. The molecule has 0 radical (unpaired) electrons. The van der Waals surface area contributed by atoms with Crippen molar-refractivity contribution in [2.45, 2.75) is 18.9 Å². The highest BCUT2D eigenvalue weighted by molar-refractivity contribution is 6.21. The van der Waals surface area contributed by atoms with Crippen LogP contribution in [0.15, 0.2) is 24.3 Å². The van der Waals surface area contributed by atoms with Gasteiger partial charge in [-0.15, -0.1) is 0 Å². The van der Waals surface area contributed by atoms with Gasteiger partial charge < -0.3 is 4.79 Å². The molecule has 2 amide bonds. The summed E-state index contributed by atoms with van der Waals surface area (Å²) in [5, 5.41) is 0. The average molecular weight is 255 g/mol. The molecule has 1 heterocycles. The van der Waals surface area contributed by atoms with E-state index >= 15 is 0 Å². The molecule has 2 fully saturated rings. The molecule has 4 atom stereocenters. The SMILES string of the molecule is O=C[C@H]1C[C@@H]2C[C@@H]2[C@H]1N1C(=O)c2ccccc2C1=O. The summed E-state index contributed by atoms with van der Waals surface area (Å²) in [5.41, 5.74) is 0.947. The molecule has 3 aliphatic rings. The van der Waals surface area contributed by atoms with Crippen molar-refractivity contribution in [1.29, 1.82) is 0 Å². The largest absolute Gasteiger partial charge is 0.303 e. The van der Waals surface area contributed by atoms with Crippen LogP contribution in [0.25, 0.3) is 0 Å². The number of nitrogens with zero attached hydrogens (tertiary/aromatic N) is 1. The Morgan fingerprint density at radius 1 is 1.05 bits per heavy atom. The van der Waals surface area contributed by atoms with E-state index in [2.05, 4.69) is 0 Å². The van der Waals surface area contributed by atoms with Crippen molar-refractivity contribution in [3.8, 4) is 0 Å². The second-order valence-electron chi connectivity index (χ2n) is 5.71. The molecule has 0 saturated heterocycles. The number of carbonyl (C=O) groups is 3. The van der Waals surface area contributed by atoms with Crippen LogP contribution in [0, 0.1) is 17.8 Å². The standard InChI is InChI=1S/C15H13NO3/c17-7-9-5-8-6-12(8)13(9)16-14(18)10-3-1-2-4-11(10)15(16)19/h1-4,7-9,12-13H,5-6H2/t8-,9-,12+,13+/m1/s1. The molecule has 1 aromatic rings. The van der Waals surface area contributed by atoms with E-state index < -0.39 is 0 Å². The van der Waals surface area contributed by atoms with Gasteiger partial charge in [-0.3, -0.25) is 14.5 Å². The number of hydrogen-bond donors (Lipinski definition) is 0. The molecule has 0 N–H and O–H groups in total. The van der Waals surface area contributed by atoms with Crippen LogP contribution in [0.3, 0.4) is 0 Å². The summed E-state index contributed by atoms with van der Waals surface area (Å²) in [6, 6.07) is 6.68. The van der Waals surface area contributed by atoms with Crippen LogP contribution >= 0.6 is 0 Å². The lowest BCUT2D eigenvalue weighted by molar-refractivity contribution is -0.112. The predicted octanol–water partition coefficient (Wildman–Crippen LogP) is 1.51. The molecular weight excluding hydrogens is 242 g/mol. The lowest BCUT2D eigenvalue weighted by Crippen LogP contribution is -2.44. The maximum absolute atomic E-state index is 12.4. The summed E-state index contributed by atoms with van der Waals surface area (Å²) in [7, 11) is 0. The van der Waals surface area contributed by atoms with Crippen LogP contribution in [0.4, 0.5) is 0 Å². The number of rotatable bonds is 2. The van der Waals surface area contributed by atoms with Gasteiger partial charge in [-0.2, -0.15) is 0 Å². The molecule has 4 heteroatoms. The van der Waals surface area contributed by atoms with Crippen molar-refractivity contribution in [1.82, 2.24) is 4.90 Å². The van der Waals surface area contributed by atoms with Crippen molar-refractivity contribution in [2.75, 3.05) is 0 Å². The molecule has 2 aliphatic carbocycles. The summed E-state index contributed by atoms with van der Waals surface area (Å²) in [4.78, 5) is 37.3. The van der Waals surface area contributed by atoms with Crippen LogP contribution < -0.4 is 0 Å². The number of carbonyl (C=O) groups excluding carboxylic acids is 3. The lowest BCUT2D eigenvalue weighted by atomic mass is 9.98. The summed E-state index contributed by atoms with van der Waals surface area (Å²) in [6.45, 7) is 0. The zero-order chi connectivity index (χ0) is 13.1. The van der Waals surface area contributed by atoms with Crippen LogP contribution in [0.5, 0.6) is 0 Å². The molecular formula is C15H13NO3. The number of amides is 2. The zero-order valence-corrected chi connectivity index (χ0v) is 10.3. The molecule has 19 heavy (non-hydrogen) atoms. The van der Waals surface area contributed by atoms with Gasteiger partial charge in [0.2, 0.25) is 0 Å². The van der Waals surface area contributed by atoms with E-state index in [1.807, 2.05) is 0 Å². The Morgan fingerprint density at radius 3 is 2.26 bits per heavy atom. The molecule has 0 unspecified atom stereocenters. The fourth-order valence-electron chi connectivity index (χ4n) is 3.76. The third-order valence-electron chi connectivity index (χ3n) is 4.73. The molecule has 0 bridgehead atoms. The zero-order valence-electron chi connectivity index (χ0n) is 10.3. The van der Waals surface area contributed by atoms with E-state index in [1.54, 1.807) is 24.3 Å². The summed E-state index contributed by atoms with van der Waals surface area (Å²) >= 11 is 0. The quantitative estimate of drug-likeness (QED) is 0.594. The number of aldehydes is 1. The van der Waals surface area contributed by atoms with E-state index in [0.717, 1.165) is 19.1 Å². The third kappa shape index (κ3) is 1.31. The van der Waals surface area contributed by atoms with Crippen LogP contribution in [0.1, 0.15) is 33.6 Å². The topological polar surface area (TPSA) is 54.5 Å². The maximum atomic E-state index is 12.4. The van der Waals surface area contributed by atoms with Gasteiger partial charge in [0.1, 0.15) is 6.29 Å². The van der Waals surface area contributed by atoms with Gasteiger partial charge in [0.25, 0.3) is 11.8 Å². The highest BCUT2D eigenvalue weighted by Crippen LogP contribution is 2.56. The molecule has 96 valence electrons. The predicted molar refractivity (Wildman–Crippen MR) is 66.5 cm³/mol. The van der Waals surface area contributed by atoms with Crippen molar-refractivity contribution in [3.05, 3.63) is 35.4 Å². The van der Waals surface area contributed by atoms with Gasteiger partial charge in [0.05, 0.1) is 17.2 Å². The van der Waals surface area contributed by atoms with Gasteiger partial charge in [0.15, 0.2) is 0 Å². The van der Waals surface area contributed by atoms with Crippen LogP contribution in [-0.4, -0.2) is 29.0 Å². The Kier molecular flexibility index (Phi) is 2.03. The summed E-state index contributed by atoms with van der Waals surface area (Å²) in [6.07, 6.45) is 2.79. The molecule has 1 aliphatic heterocycles. The number of fused-ring (bicyclic) bond motifs is 2. The first-order valence-corrected chi connectivity index (χ1v) is 6.64. The maximum Gasteiger partial charge on any atom is 0.261 e. The van der Waals surface area contributed by atoms with Crippen molar-refractivity contribution in [2.24, 2.45) is 17.8 Å². The lowest BCUT2D eigenvalue weighted by Gasteiger charge is -2.27. The normalized spacial score (nSPS) is 35.3. The Balaban J connectivity index is 1.76. The fourth-order valence-corrected chi connectivity index (χ4v) is 3.76. The highest BCUT2D eigenvalue weighted by Gasteiger charge is 2.58. The Morgan fingerprint density at radius 2 is 1.68 bits per heavy atom. The number of hydrogen-bond acceptors (Lipinski definition) is 3. The summed E-state index contributed by atoms with van der Waals surface area (Å²) in [5.74, 6) is 0.239. The Bertz CT molecular complexity index is 574. The van der Waals surface area contributed by atoms with Crippen LogP contribution in [-0.2, 0) is 4.79 Å². The second kappa shape index (κ2) is 3.53. The molecule has 0 spiro atoms. The van der Waals surface area contributed by atoms with E-state index in [-0.39, 0.29) is 23.8 Å². The second-order valence-corrected chi connectivity index (χ2v) is 5.71. The van der Waals surface area contributed by atoms with Crippen molar-refractivity contribution >= 4 is 18.1 Å². The monoisotopic (exact) mass is 255 g/mol. The van der Waals surface area contributed by atoms with Crippen molar-refractivity contribution < 1.29 is 14.4 Å². The smallest absolute Gasteiger partial charge is 0.261 e. The van der Waals surface area contributed by atoms with Gasteiger partial charge in [-0.1, -0.05) is 12.1 Å². The van der Waals surface area contributed by atoms with Crippen molar-refractivity contribution in [3.63, 3.8) is 0 Å². The fraction of sp³-hybridized carbons (Fsp3) is 0.400. The highest BCUT2D eigenvalue weighted by atomic mass is 16.2. The van der Waals surface area contributed by atoms with E-state index in [1.165, 1.54) is 4.90 Å². The molecule has 4 rings (SSSR count). The van der Waals surface area contributed by atoms with Crippen LogP contribution in [0.2, 0.25) is 0 Å². The van der Waals surface area contributed by atoms with E-state index in [4.69, 9.17) is 0 Å². The number of benzene rings is 1. The average Bonchev–Trinajstić information content (AvgIpc) is 3.05. The van der Waals surface area contributed by atoms with Gasteiger partial charge in [0, 0.05) is 5.92 Å². The van der Waals surface area contributed by atoms with Gasteiger partial charge in [-0.05, 0) is 36.8 Å². The first-order valence-electron chi connectivity index (χ1n) is 6.64. The van der Waals surface area contributed by atoms with E-state index in [0.29, 0.717) is 23.0 Å². The minimum absolute atomic E-state index is 0.175. The van der Waals surface area contributed by atoms with E-state index in [9.17, 15) is 14.4 Å². The molecule has 4 nitrogen and oxygen atoms in total. The summed E-state index contributed by atoms with van der Waals surface area (Å²) < 4.78 is 0. The molecule has 1 aromatic carbocycles.